The molecule has 1 aromatic rings. The maximum Gasteiger partial charge on any atom is 0.124 e. The molecule has 1 aliphatic heterocycles. The van der Waals surface area contributed by atoms with Gasteiger partial charge in [0.2, 0.25) is 0 Å². The highest BCUT2D eigenvalue weighted by Crippen LogP contribution is 2.51. The first kappa shape index (κ1) is 14.8. The van der Waals surface area contributed by atoms with E-state index >= 15 is 0 Å². The van der Waals surface area contributed by atoms with Crippen molar-refractivity contribution in [1.82, 2.24) is 0 Å². The lowest BCUT2D eigenvalue weighted by molar-refractivity contribution is -0.0273. The Labute approximate surface area is 127 Å². The summed E-state index contributed by atoms with van der Waals surface area (Å²) < 4.78 is 0. The fourth-order valence-corrected chi connectivity index (χ4v) is 2.75. The van der Waals surface area contributed by atoms with Gasteiger partial charge in [-0.1, -0.05) is 19.1 Å². The molecule has 0 bridgehead atoms. The SMILES string of the molecule is CCC1(N)CC1c1ccc(N2OC(C)(C)C(C)(C)O2)cc1. The van der Waals surface area contributed by atoms with E-state index in [2.05, 4.69) is 19.1 Å². The van der Waals surface area contributed by atoms with Crippen molar-refractivity contribution < 1.29 is 9.68 Å². The van der Waals surface area contributed by atoms with Gasteiger partial charge in [0.05, 0.1) is 5.69 Å². The molecule has 4 heteroatoms. The third-order valence-corrected chi connectivity index (χ3v) is 5.35. The summed E-state index contributed by atoms with van der Waals surface area (Å²) in [5.74, 6) is 0.491. The summed E-state index contributed by atoms with van der Waals surface area (Å²) in [5, 5.41) is 1.53. The minimum atomic E-state index is -0.364. The van der Waals surface area contributed by atoms with Crippen molar-refractivity contribution in [3.05, 3.63) is 29.8 Å². The van der Waals surface area contributed by atoms with Crippen LogP contribution in [0.3, 0.4) is 0 Å². The molecule has 2 aliphatic rings. The van der Waals surface area contributed by atoms with E-state index in [1.807, 2.05) is 39.8 Å². The van der Waals surface area contributed by atoms with Gasteiger partial charge >= 0.3 is 0 Å². The minimum absolute atomic E-state index is 0.00609. The van der Waals surface area contributed by atoms with Crippen LogP contribution in [0.25, 0.3) is 0 Å². The zero-order chi connectivity index (χ0) is 15.5. The molecule has 1 heterocycles. The third-order valence-electron chi connectivity index (χ3n) is 5.35. The van der Waals surface area contributed by atoms with Gasteiger partial charge in [0.25, 0.3) is 0 Å². The maximum absolute atomic E-state index is 6.29. The molecule has 3 rings (SSSR count). The van der Waals surface area contributed by atoms with E-state index in [4.69, 9.17) is 15.4 Å². The molecule has 116 valence electrons. The standard InChI is InChI=1S/C17H26N2O2/c1-6-17(18)11-14(17)12-7-9-13(10-8-12)19-20-15(2,3)16(4,5)21-19/h7-10,14H,6,11,18H2,1-5H3. The molecule has 1 saturated carbocycles. The van der Waals surface area contributed by atoms with Gasteiger partial charge in [-0.15, -0.1) is 5.23 Å². The van der Waals surface area contributed by atoms with E-state index in [1.54, 1.807) is 0 Å². The van der Waals surface area contributed by atoms with Crippen LogP contribution in [0.4, 0.5) is 5.69 Å². The van der Waals surface area contributed by atoms with Gasteiger partial charge in [-0.2, -0.15) is 0 Å². The quantitative estimate of drug-likeness (QED) is 0.925. The van der Waals surface area contributed by atoms with Crippen LogP contribution in [0.15, 0.2) is 24.3 Å². The molecule has 0 aromatic heterocycles. The van der Waals surface area contributed by atoms with Crippen LogP contribution >= 0.6 is 0 Å². The summed E-state index contributed by atoms with van der Waals surface area (Å²) in [6, 6.07) is 8.35. The van der Waals surface area contributed by atoms with E-state index in [-0.39, 0.29) is 16.7 Å². The van der Waals surface area contributed by atoms with Crippen LogP contribution < -0.4 is 11.0 Å². The average Bonchev–Trinajstić information content (AvgIpc) is 3.04. The Balaban J connectivity index is 1.75. The second kappa shape index (κ2) is 4.45. The normalized spacial score (nSPS) is 33.2. The predicted molar refractivity (Wildman–Crippen MR) is 83.8 cm³/mol. The molecule has 1 aliphatic carbocycles. The Kier molecular flexibility index (Phi) is 3.14. The smallest absolute Gasteiger partial charge is 0.124 e. The van der Waals surface area contributed by atoms with Crippen LogP contribution in [0.5, 0.6) is 0 Å². The van der Waals surface area contributed by atoms with Crippen molar-refractivity contribution in [2.24, 2.45) is 5.73 Å². The van der Waals surface area contributed by atoms with E-state index in [1.165, 1.54) is 10.8 Å². The number of nitrogens with two attached hydrogens (primary N) is 1. The van der Waals surface area contributed by atoms with E-state index in [9.17, 15) is 0 Å². The van der Waals surface area contributed by atoms with Gasteiger partial charge < -0.3 is 5.73 Å². The zero-order valence-corrected chi connectivity index (χ0v) is 13.6. The van der Waals surface area contributed by atoms with E-state index in [0.29, 0.717) is 5.92 Å². The fourth-order valence-electron chi connectivity index (χ4n) is 2.75. The number of anilines is 1. The molecule has 2 unspecified atom stereocenters. The van der Waals surface area contributed by atoms with Gasteiger partial charge in [0, 0.05) is 11.5 Å². The first-order chi connectivity index (χ1) is 9.68. The molecule has 2 fully saturated rings. The highest BCUT2D eigenvalue weighted by atomic mass is 17.0. The van der Waals surface area contributed by atoms with Crippen LogP contribution in [0.1, 0.15) is 58.9 Å². The van der Waals surface area contributed by atoms with Gasteiger partial charge in [-0.3, -0.25) is 0 Å². The first-order valence-corrected chi connectivity index (χ1v) is 7.76. The summed E-state index contributed by atoms with van der Waals surface area (Å²) in [5.41, 5.74) is 7.79. The second-order valence-electron chi connectivity index (χ2n) is 7.40. The summed E-state index contributed by atoms with van der Waals surface area (Å²) in [6.45, 7) is 10.3. The summed E-state index contributed by atoms with van der Waals surface area (Å²) in [7, 11) is 0. The molecule has 21 heavy (non-hydrogen) atoms. The van der Waals surface area contributed by atoms with E-state index in [0.717, 1.165) is 18.5 Å². The molecule has 2 N–H and O–H groups in total. The number of hydrogen-bond donors (Lipinski definition) is 1. The molecule has 0 spiro atoms. The molecule has 1 saturated heterocycles. The number of hydrogen-bond acceptors (Lipinski definition) is 4. The van der Waals surface area contributed by atoms with Gasteiger partial charge in [-0.05, 0) is 58.2 Å². The molecule has 0 amide bonds. The topological polar surface area (TPSA) is 47.7 Å². The number of rotatable bonds is 3. The molecular weight excluding hydrogens is 264 g/mol. The predicted octanol–water partition coefficient (Wildman–Crippen LogP) is 3.52. The first-order valence-electron chi connectivity index (χ1n) is 7.76. The minimum Gasteiger partial charge on any atom is -0.325 e. The lowest BCUT2D eigenvalue weighted by Crippen LogP contribution is -2.41. The number of nitrogens with zero attached hydrogens (tertiary/aromatic N) is 1. The summed E-state index contributed by atoms with van der Waals surface area (Å²) in [4.78, 5) is 11.8. The Bertz CT molecular complexity index is 522. The Morgan fingerprint density at radius 3 is 2.05 bits per heavy atom. The maximum atomic E-state index is 6.29. The lowest BCUT2D eigenvalue weighted by Gasteiger charge is -2.26. The van der Waals surface area contributed by atoms with E-state index < -0.39 is 0 Å². The van der Waals surface area contributed by atoms with Gasteiger partial charge in [0.1, 0.15) is 11.2 Å². The van der Waals surface area contributed by atoms with Crippen molar-refractivity contribution in [1.29, 1.82) is 0 Å². The molecular formula is C17H26N2O2. The van der Waals surface area contributed by atoms with Crippen LogP contribution in [0, 0.1) is 0 Å². The van der Waals surface area contributed by atoms with Crippen molar-refractivity contribution >= 4 is 5.69 Å². The third kappa shape index (κ3) is 2.35. The largest absolute Gasteiger partial charge is 0.325 e. The fraction of sp³-hybridized carbons (Fsp3) is 0.647. The highest BCUT2D eigenvalue weighted by Gasteiger charge is 2.51. The summed E-state index contributed by atoms with van der Waals surface area (Å²) in [6.07, 6.45) is 2.11. The molecule has 0 radical (unpaired) electrons. The average molecular weight is 290 g/mol. The Morgan fingerprint density at radius 1 is 1.10 bits per heavy atom. The molecule has 4 nitrogen and oxygen atoms in total. The zero-order valence-electron chi connectivity index (χ0n) is 13.6. The molecule has 2 atom stereocenters. The van der Waals surface area contributed by atoms with Crippen molar-refractivity contribution in [2.45, 2.75) is 70.1 Å². The van der Waals surface area contributed by atoms with Gasteiger partial charge in [0.15, 0.2) is 0 Å². The second-order valence-corrected chi connectivity index (χ2v) is 7.40. The van der Waals surface area contributed by atoms with Crippen LogP contribution in [-0.4, -0.2) is 16.7 Å². The summed E-state index contributed by atoms with van der Waals surface area (Å²) >= 11 is 0. The Morgan fingerprint density at radius 2 is 1.62 bits per heavy atom. The lowest BCUT2D eigenvalue weighted by atomic mass is 9.90. The Hall–Kier alpha value is -1.10. The van der Waals surface area contributed by atoms with Crippen molar-refractivity contribution in [3.8, 4) is 0 Å². The van der Waals surface area contributed by atoms with Crippen molar-refractivity contribution in [3.63, 3.8) is 0 Å². The number of benzene rings is 1. The molecule has 1 aromatic carbocycles. The monoisotopic (exact) mass is 290 g/mol. The highest BCUT2D eigenvalue weighted by molar-refractivity contribution is 5.47. The van der Waals surface area contributed by atoms with Crippen LogP contribution in [-0.2, 0) is 9.68 Å². The van der Waals surface area contributed by atoms with Crippen molar-refractivity contribution in [2.75, 3.05) is 5.23 Å². The van der Waals surface area contributed by atoms with Crippen LogP contribution in [0.2, 0.25) is 0 Å². The van der Waals surface area contributed by atoms with Gasteiger partial charge in [-0.25, -0.2) is 9.68 Å².